The molecule has 0 saturated heterocycles. The molecule has 0 saturated carbocycles. The van der Waals surface area contributed by atoms with E-state index >= 15 is 0 Å². The molecule has 0 fully saturated rings. The summed E-state index contributed by atoms with van der Waals surface area (Å²) in [5, 5.41) is 3.01. The quantitative estimate of drug-likeness (QED) is 0.784. The average molecular weight is 276 g/mol. The van der Waals surface area contributed by atoms with Crippen molar-refractivity contribution in [2.75, 3.05) is 13.1 Å². The van der Waals surface area contributed by atoms with Gasteiger partial charge in [-0.05, 0) is 42.3 Å². The molecule has 1 rings (SSSR count). The van der Waals surface area contributed by atoms with Gasteiger partial charge in [0.05, 0.1) is 0 Å². The summed E-state index contributed by atoms with van der Waals surface area (Å²) in [5.41, 5.74) is 7.43. The lowest BCUT2D eigenvalue weighted by Crippen LogP contribution is -2.28. The normalized spacial score (nSPS) is 13.1. The minimum absolute atomic E-state index is 0.0240. The van der Waals surface area contributed by atoms with Crippen LogP contribution in [-0.2, 0) is 5.41 Å². The van der Waals surface area contributed by atoms with Gasteiger partial charge in [0, 0.05) is 12.1 Å². The van der Waals surface area contributed by atoms with Gasteiger partial charge in [0.2, 0.25) is 0 Å². The van der Waals surface area contributed by atoms with Crippen LogP contribution in [-0.4, -0.2) is 19.0 Å². The summed E-state index contributed by atoms with van der Waals surface area (Å²) in [7, 11) is 0. The summed E-state index contributed by atoms with van der Waals surface area (Å²) in [4.78, 5) is 12.3. The number of nitrogens with two attached hydrogens (primary N) is 1. The number of carbonyl (C=O) groups excluding carboxylic acids is 1. The molecule has 0 aromatic heterocycles. The van der Waals surface area contributed by atoms with Crippen LogP contribution in [0.2, 0.25) is 0 Å². The maximum atomic E-state index is 12.3. The van der Waals surface area contributed by atoms with Crippen molar-refractivity contribution in [2.24, 2.45) is 11.7 Å². The van der Waals surface area contributed by atoms with Crippen molar-refractivity contribution in [1.82, 2.24) is 5.32 Å². The Morgan fingerprint density at radius 3 is 2.55 bits per heavy atom. The van der Waals surface area contributed by atoms with Crippen LogP contribution in [0.1, 0.15) is 56.5 Å². The van der Waals surface area contributed by atoms with Gasteiger partial charge in [0.1, 0.15) is 0 Å². The second-order valence-electron chi connectivity index (χ2n) is 6.53. The van der Waals surface area contributed by atoms with E-state index in [0.717, 1.165) is 24.0 Å². The zero-order chi connectivity index (χ0) is 15.2. The number of hydrogen-bond acceptors (Lipinski definition) is 2. The zero-order valence-electron chi connectivity index (χ0n) is 13.2. The molecule has 1 unspecified atom stereocenters. The van der Waals surface area contributed by atoms with E-state index in [9.17, 15) is 4.79 Å². The Bertz CT molecular complexity index is 435. The molecule has 0 aliphatic heterocycles. The lowest BCUT2D eigenvalue weighted by atomic mass is 9.83. The number of amides is 1. The Kier molecular flexibility index (Phi) is 6.21. The predicted molar refractivity (Wildman–Crippen MR) is 84.9 cm³/mol. The maximum Gasteiger partial charge on any atom is 0.251 e. The van der Waals surface area contributed by atoms with Crippen LogP contribution in [0.15, 0.2) is 24.3 Å². The molecule has 3 heteroatoms. The number of carbonyl (C=O) groups is 1. The molecule has 3 N–H and O–H groups in total. The van der Waals surface area contributed by atoms with Crippen molar-refractivity contribution in [3.05, 3.63) is 35.4 Å². The molecule has 0 bridgehead atoms. The van der Waals surface area contributed by atoms with Crippen molar-refractivity contribution in [3.8, 4) is 0 Å². The van der Waals surface area contributed by atoms with E-state index in [4.69, 9.17) is 5.73 Å². The number of nitrogens with one attached hydrogen (secondary N) is 1. The monoisotopic (exact) mass is 276 g/mol. The van der Waals surface area contributed by atoms with E-state index in [1.165, 1.54) is 0 Å². The van der Waals surface area contributed by atoms with Crippen molar-refractivity contribution < 1.29 is 4.79 Å². The van der Waals surface area contributed by atoms with Crippen LogP contribution in [0.4, 0.5) is 0 Å². The third kappa shape index (κ3) is 4.97. The molecular formula is C17H28N2O. The van der Waals surface area contributed by atoms with Gasteiger partial charge in [-0.25, -0.2) is 0 Å². The van der Waals surface area contributed by atoms with Gasteiger partial charge >= 0.3 is 0 Å². The van der Waals surface area contributed by atoms with Crippen LogP contribution < -0.4 is 11.1 Å². The minimum atomic E-state index is -0.0258. The first-order chi connectivity index (χ1) is 9.36. The van der Waals surface area contributed by atoms with E-state index in [-0.39, 0.29) is 11.3 Å². The maximum absolute atomic E-state index is 12.3. The van der Waals surface area contributed by atoms with E-state index in [0.29, 0.717) is 19.0 Å². The van der Waals surface area contributed by atoms with Gasteiger partial charge in [-0.1, -0.05) is 45.9 Å². The lowest BCUT2D eigenvalue weighted by Gasteiger charge is -2.22. The molecular weight excluding hydrogens is 248 g/mol. The average Bonchev–Trinajstić information content (AvgIpc) is 2.42. The van der Waals surface area contributed by atoms with E-state index in [1.807, 2.05) is 24.3 Å². The molecule has 112 valence electrons. The Morgan fingerprint density at radius 2 is 1.95 bits per heavy atom. The van der Waals surface area contributed by atoms with Gasteiger partial charge in [-0.3, -0.25) is 4.79 Å². The van der Waals surface area contributed by atoms with Gasteiger partial charge in [-0.2, -0.15) is 0 Å². The Morgan fingerprint density at radius 1 is 1.30 bits per heavy atom. The van der Waals surface area contributed by atoms with Crippen LogP contribution in [0.3, 0.4) is 0 Å². The minimum Gasteiger partial charge on any atom is -0.352 e. The standard InChI is InChI=1S/C17H28N2O/c1-13(12-18)8-7-11-19-16(20)14-9-5-6-10-15(14)17(2,3)4/h5-6,9-10,13H,7-8,11-12,18H2,1-4H3,(H,19,20). The Labute approximate surface area is 122 Å². The molecule has 0 radical (unpaired) electrons. The summed E-state index contributed by atoms with van der Waals surface area (Å²) in [6, 6.07) is 7.84. The Hall–Kier alpha value is -1.35. The van der Waals surface area contributed by atoms with E-state index < -0.39 is 0 Å². The van der Waals surface area contributed by atoms with Gasteiger partial charge in [0.25, 0.3) is 5.91 Å². The molecule has 0 spiro atoms. The number of benzene rings is 1. The van der Waals surface area contributed by atoms with Crippen LogP contribution in [0.5, 0.6) is 0 Å². The highest BCUT2D eigenvalue weighted by Crippen LogP contribution is 2.25. The Balaban J connectivity index is 2.60. The molecule has 1 atom stereocenters. The highest BCUT2D eigenvalue weighted by atomic mass is 16.1. The first kappa shape index (κ1) is 16.7. The second-order valence-corrected chi connectivity index (χ2v) is 6.53. The zero-order valence-corrected chi connectivity index (χ0v) is 13.2. The summed E-state index contributed by atoms with van der Waals surface area (Å²) in [6.45, 7) is 9.94. The molecule has 20 heavy (non-hydrogen) atoms. The van der Waals surface area contributed by atoms with Crippen LogP contribution in [0.25, 0.3) is 0 Å². The van der Waals surface area contributed by atoms with Gasteiger partial charge in [0.15, 0.2) is 0 Å². The summed E-state index contributed by atoms with van der Waals surface area (Å²) in [5.74, 6) is 0.546. The summed E-state index contributed by atoms with van der Waals surface area (Å²) in [6.07, 6.45) is 2.03. The SMILES string of the molecule is CC(CN)CCCNC(=O)c1ccccc1C(C)(C)C. The first-order valence-electron chi connectivity index (χ1n) is 7.44. The molecule has 1 amide bonds. The number of rotatable bonds is 6. The fourth-order valence-electron chi connectivity index (χ4n) is 2.20. The predicted octanol–water partition coefficient (Wildman–Crippen LogP) is 3.09. The second kappa shape index (κ2) is 7.44. The van der Waals surface area contributed by atoms with Crippen molar-refractivity contribution in [3.63, 3.8) is 0 Å². The largest absolute Gasteiger partial charge is 0.352 e. The van der Waals surface area contributed by atoms with Crippen molar-refractivity contribution in [2.45, 2.75) is 46.0 Å². The third-order valence-electron chi connectivity index (χ3n) is 3.54. The lowest BCUT2D eigenvalue weighted by molar-refractivity contribution is 0.0950. The highest BCUT2D eigenvalue weighted by Gasteiger charge is 2.20. The first-order valence-corrected chi connectivity index (χ1v) is 7.44. The molecule has 0 heterocycles. The molecule has 1 aromatic carbocycles. The molecule has 0 aliphatic carbocycles. The van der Waals surface area contributed by atoms with Crippen LogP contribution >= 0.6 is 0 Å². The van der Waals surface area contributed by atoms with Crippen LogP contribution in [0, 0.1) is 5.92 Å². The fraction of sp³-hybridized carbons (Fsp3) is 0.588. The van der Waals surface area contributed by atoms with E-state index in [2.05, 4.69) is 33.0 Å². The van der Waals surface area contributed by atoms with Gasteiger partial charge in [-0.15, -0.1) is 0 Å². The third-order valence-corrected chi connectivity index (χ3v) is 3.54. The topological polar surface area (TPSA) is 55.1 Å². The molecule has 1 aromatic rings. The van der Waals surface area contributed by atoms with Crippen molar-refractivity contribution in [1.29, 1.82) is 0 Å². The summed E-state index contributed by atoms with van der Waals surface area (Å²) < 4.78 is 0. The van der Waals surface area contributed by atoms with E-state index in [1.54, 1.807) is 0 Å². The fourth-order valence-corrected chi connectivity index (χ4v) is 2.20. The highest BCUT2D eigenvalue weighted by molar-refractivity contribution is 5.96. The molecule has 3 nitrogen and oxygen atoms in total. The van der Waals surface area contributed by atoms with Crippen molar-refractivity contribution >= 4 is 5.91 Å². The summed E-state index contributed by atoms with van der Waals surface area (Å²) >= 11 is 0. The molecule has 0 aliphatic rings. The smallest absolute Gasteiger partial charge is 0.251 e. The van der Waals surface area contributed by atoms with Gasteiger partial charge < -0.3 is 11.1 Å². The number of hydrogen-bond donors (Lipinski definition) is 2.